The van der Waals surface area contributed by atoms with Crippen LogP contribution < -0.4 is 0 Å². The fourth-order valence-corrected chi connectivity index (χ4v) is 6.39. The minimum Gasteiger partial charge on any atom is -0.466 e. The van der Waals surface area contributed by atoms with E-state index >= 15 is 0 Å². The van der Waals surface area contributed by atoms with Gasteiger partial charge >= 0.3 is 24.4 Å². The summed E-state index contributed by atoms with van der Waals surface area (Å²) in [5, 5.41) is 0. The molecule has 2 aliphatic rings. The molecule has 1 saturated heterocycles. The maximum atomic E-state index is 14.1. The van der Waals surface area contributed by atoms with Gasteiger partial charge in [0.15, 0.2) is 0 Å². The van der Waals surface area contributed by atoms with Gasteiger partial charge in [-0.05, 0) is 93.5 Å². The Hall–Kier alpha value is -3.35. The quantitative estimate of drug-likeness (QED) is 0.238. The van der Waals surface area contributed by atoms with Crippen LogP contribution in [0.15, 0.2) is 36.4 Å². The summed E-state index contributed by atoms with van der Waals surface area (Å²) in [7, 11) is 1.35. The Morgan fingerprint density at radius 3 is 2.09 bits per heavy atom. The molecule has 45 heavy (non-hydrogen) atoms. The van der Waals surface area contributed by atoms with Crippen molar-refractivity contribution in [3.8, 4) is 0 Å². The Morgan fingerprint density at radius 2 is 1.56 bits per heavy atom. The minimum atomic E-state index is -5.02. The van der Waals surface area contributed by atoms with Crippen LogP contribution in [-0.4, -0.2) is 66.0 Å². The van der Waals surface area contributed by atoms with E-state index in [1.165, 1.54) is 26.1 Å². The zero-order valence-electron chi connectivity index (χ0n) is 25.6. The molecule has 13 heteroatoms. The van der Waals surface area contributed by atoms with Crippen LogP contribution in [0.25, 0.3) is 0 Å². The lowest BCUT2D eigenvalue weighted by molar-refractivity contribution is -0.149. The summed E-state index contributed by atoms with van der Waals surface area (Å²) in [6, 6.07) is 3.45. The highest BCUT2D eigenvalue weighted by Crippen LogP contribution is 2.39. The number of amides is 2. The summed E-state index contributed by atoms with van der Waals surface area (Å²) in [6.45, 7) is 6.27. The molecule has 4 rings (SSSR count). The highest BCUT2D eigenvalue weighted by molar-refractivity contribution is 5.76. The second-order valence-electron chi connectivity index (χ2n) is 11.9. The fraction of sp³-hybridized carbons (Fsp3) is 0.562. The minimum absolute atomic E-state index is 0.0603. The van der Waals surface area contributed by atoms with Gasteiger partial charge in [0, 0.05) is 32.7 Å². The van der Waals surface area contributed by atoms with Gasteiger partial charge in [0.05, 0.1) is 35.7 Å². The predicted molar refractivity (Wildman–Crippen MR) is 153 cm³/mol. The molecule has 0 N–H and O–H groups in total. The number of carbonyl (C=O) groups excluding carboxylic acids is 2. The van der Waals surface area contributed by atoms with Crippen LogP contribution in [-0.2, 0) is 21.9 Å². The van der Waals surface area contributed by atoms with Crippen molar-refractivity contribution in [1.29, 1.82) is 0 Å². The summed E-state index contributed by atoms with van der Waals surface area (Å²) in [5.74, 6) is -0.815. The van der Waals surface area contributed by atoms with Crippen LogP contribution in [0.2, 0.25) is 0 Å². The molecule has 2 aromatic rings. The van der Waals surface area contributed by atoms with Crippen molar-refractivity contribution in [2.45, 2.75) is 76.9 Å². The van der Waals surface area contributed by atoms with Crippen LogP contribution in [0, 0.1) is 18.7 Å². The van der Waals surface area contributed by atoms with E-state index in [9.17, 15) is 40.3 Å². The number of ether oxygens (including phenoxy) is 1. The van der Waals surface area contributed by atoms with Gasteiger partial charge in [0.25, 0.3) is 0 Å². The Labute approximate surface area is 258 Å². The number of piperazine rings is 1. The first-order chi connectivity index (χ1) is 21.0. The fourth-order valence-electron chi connectivity index (χ4n) is 6.39. The van der Waals surface area contributed by atoms with Crippen molar-refractivity contribution in [1.82, 2.24) is 14.7 Å². The summed E-state index contributed by atoms with van der Waals surface area (Å²) in [6.07, 6.45) is -7.20. The molecule has 0 unspecified atom stereocenters. The van der Waals surface area contributed by atoms with Crippen molar-refractivity contribution in [3.05, 3.63) is 70.0 Å². The Kier molecular flexibility index (Phi) is 10.4. The zero-order valence-corrected chi connectivity index (χ0v) is 25.6. The lowest BCUT2D eigenvalue weighted by atomic mass is 9.84. The van der Waals surface area contributed by atoms with E-state index in [1.807, 2.05) is 0 Å². The number of urea groups is 1. The third-order valence-electron chi connectivity index (χ3n) is 9.06. The van der Waals surface area contributed by atoms with Crippen molar-refractivity contribution < 1.29 is 45.1 Å². The van der Waals surface area contributed by atoms with E-state index in [1.54, 1.807) is 24.8 Å². The molecule has 2 aromatic carbocycles. The Morgan fingerprint density at radius 1 is 0.956 bits per heavy atom. The van der Waals surface area contributed by atoms with E-state index in [4.69, 9.17) is 4.74 Å². The first kappa shape index (κ1) is 34.5. The second-order valence-corrected chi connectivity index (χ2v) is 11.9. The smallest absolute Gasteiger partial charge is 0.416 e. The lowest BCUT2D eigenvalue weighted by Gasteiger charge is -2.47. The number of esters is 1. The van der Waals surface area contributed by atoms with Gasteiger partial charge in [0.1, 0.15) is 5.82 Å². The van der Waals surface area contributed by atoms with Gasteiger partial charge in [-0.15, -0.1) is 0 Å². The van der Waals surface area contributed by atoms with Crippen molar-refractivity contribution in [3.63, 3.8) is 0 Å². The topological polar surface area (TPSA) is 53.1 Å². The molecule has 0 aromatic heterocycles. The summed E-state index contributed by atoms with van der Waals surface area (Å²) >= 11 is 0. The number of halogens is 7. The molecule has 2 fully saturated rings. The molecular weight excluding hydrogens is 607 g/mol. The van der Waals surface area contributed by atoms with E-state index in [2.05, 4.69) is 4.90 Å². The van der Waals surface area contributed by atoms with E-state index in [-0.39, 0.29) is 36.1 Å². The number of carbonyl (C=O) groups is 2. The first-order valence-corrected chi connectivity index (χ1v) is 15.0. The molecule has 2 atom stereocenters. The second kappa shape index (κ2) is 13.6. The summed E-state index contributed by atoms with van der Waals surface area (Å²) in [4.78, 5) is 31.1. The van der Waals surface area contributed by atoms with Crippen LogP contribution in [0.3, 0.4) is 0 Å². The number of rotatable bonds is 6. The first-order valence-electron chi connectivity index (χ1n) is 15.0. The molecule has 0 radical (unpaired) electrons. The van der Waals surface area contributed by atoms with Crippen LogP contribution in [0.5, 0.6) is 0 Å². The third kappa shape index (κ3) is 7.90. The molecule has 1 aliphatic heterocycles. The number of alkyl halides is 6. The number of nitrogens with zero attached hydrogens (tertiary/aromatic N) is 3. The van der Waals surface area contributed by atoms with Crippen molar-refractivity contribution in [2.24, 2.45) is 5.92 Å². The molecule has 1 heterocycles. The molecule has 248 valence electrons. The summed E-state index contributed by atoms with van der Waals surface area (Å²) in [5.41, 5.74) is -1.92. The number of benzene rings is 2. The molecule has 1 aliphatic carbocycles. The lowest BCUT2D eigenvalue weighted by Crippen LogP contribution is -2.56. The number of hydrogen-bond acceptors (Lipinski definition) is 4. The number of hydrogen-bond donors (Lipinski definition) is 0. The van der Waals surface area contributed by atoms with Gasteiger partial charge in [-0.2, -0.15) is 26.3 Å². The maximum Gasteiger partial charge on any atom is 0.416 e. The number of aryl methyl sites for hydroxylation is 1. The van der Waals surface area contributed by atoms with Crippen molar-refractivity contribution >= 4 is 12.0 Å². The van der Waals surface area contributed by atoms with E-state index in [0.717, 1.165) is 17.7 Å². The molecule has 2 amide bonds. The van der Waals surface area contributed by atoms with E-state index < -0.39 is 47.4 Å². The van der Waals surface area contributed by atoms with Gasteiger partial charge < -0.3 is 14.5 Å². The highest BCUT2D eigenvalue weighted by Gasteiger charge is 2.41. The van der Waals surface area contributed by atoms with Gasteiger partial charge in [0.2, 0.25) is 0 Å². The molecule has 0 spiro atoms. The van der Waals surface area contributed by atoms with E-state index in [0.29, 0.717) is 55.8 Å². The summed E-state index contributed by atoms with van der Waals surface area (Å²) < 4.78 is 100. The van der Waals surface area contributed by atoms with Gasteiger partial charge in [-0.1, -0.05) is 6.07 Å². The molecular formula is C32H38F7N3O3. The molecule has 1 saturated carbocycles. The van der Waals surface area contributed by atoms with Crippen LogP contribution in [0.1, 0.15) is 79.4 Å². The largest absolute Gasteiger partial charge is 0.466 e. The van der Waals surface area contributed by atoms with Gasteiger partial charge in [-0.3, -0.25) is 9.69 Å². The average molecular weight is 646 g/mol. The molecule has 0 bridgehead atoms. The standard InChI is InChI=1S/C32H38F7N3O3/c1-5-45-29(43)21-6-9-26(10-7-21)41-12-13-42(28(18-41)27-11-8-25(33)14-19(27)2)30(44)40(4)20(3)22-15-23(31(34,35)36)17-24(16-22)32(37,38)39/h8,11,14-17,20-21,26,28H,5-7,9-10,12-13,18H2,1-4H3/t20-,21?,26?,28-/m1/s1. The van der Waals surface area contributed by atoms with Crippen molar-refractivity contribution in [2.75, 3.05) is 33.3 Å². The normalized spacial score (nSPS) is 22.2. The average Bonchev–Trinajstić information content (AvgIpc) is 2.99. The third-order valence-corrected chi connectivity index (χ3v) is 9.06. The Balaban J connectivity index is 1.59. The Bertz CT molecular complexity index is 1340. The maximum absolute atomic E-state index is 14.1. The van der Waals surface area contributed by atoms with Gasteiger partial charge in [-0.25, -0.2) is 9.18 Å². The zero-order chi connectivity index (χ0) is 33.3. The highest BCUT2D eigenvalue weighted by atomic mass is 19.4. The SMILES string of the molecule is CCOC(=O)C1CCC(N2CCN(C(=O)N(C)[C@H](C)c3cc(C(F)(F)F)cc(C(F)(F)F)c3)[C@@H](c3ccc(F)cc3C)C2)CC1. The molecule has 6 nitrogen and oxygen atoms in total. The monoisotopic (exact) mass is 645 g/mol. The predicted octanol–water partition coefficient (Wildman–Crippen LogP) is 7.77. The van der Waals surface area contributed by atoms with Crippen LogP contribution in [0.4, 0.5) is 35.5 Å². The van der Waals surface area contributed by atoms with Crippen LogP contribution >= 0.6 is 0 Å².